The molecule has 0 aromatic carbocycles. The fourth-order valence-electron chi connectivity index (χ4n) is 1.81. The predicted molar refractivity (Wildman–Crippen MR) is 79.0 cm³/mol. The molecule has 1 aromatic heterocycles. The zero-order chi connectivity index (χ0) is 14.9. The number of hydrogen-bond acceptors (Lipinski definition) is 5. The summed E-state index contributed by atoms with van der Waals surface area (Å²) in [5, 5.41) is 11.4. The zero-order valence-corrected chi connectivity index (χ0v) is 13.3. The molecule has 0 unspecified atom stereocenters. The van der Waals surface area contributed by atoms with Crippen LogP contribution in [0.2, 0.25) is 4.34 Å². The van der Waals surface area contributed by atoms with Crippen LogP contribution in [-0.2, 0) is 10.0 Å². The Hall–Kier alpha value is -0.830. The maximum Gasteiger partial charge on any atom is 0.252 e. The molecule has 20 heavy (non-hydrogen) atoms. The van der Waals surface area contributed by atoms with E-state index in [0.717, 1.165) is 29.7 Å². The molecule has 0 spiro atoms. The van der Waals surface area contributed by atoms with Crippen LogP contribution in [0.15, 0.2) is 15.4 Å². The number of sulfonamides is 1. The molecule has 3 N–H and O–H groups in total. The Balaban J connectivity index is 2.23. The zero-order valence-electron chi connectivity index (χ0n) is 10.9. The molecule has 1 aliphatic rings. The summed E-state index contributed by atoms with van der Waals surface area (Å²) in [7, 11) is -3.57. The van der Waals surface area contributed by atoms with Crippen molar-refractivity contribution in [1.82, 2.24) is 4.31 Å². The highest BCUT2D eigenvalue weighted by Gasteiger charge is 2.38. The minimum atomic E-state index is -3.57. The van der Waals surface area contributed by atoms with Gasteiger partial charge in [-0.25, -0.2) is 8.42 Å². The first-order valence-electron chi connectivity index (χ1n) is 6.10. The van der Waals surface area contributed by atoms with Crippen LogP contribution in [0.25, 0.3) is 0 Å². The first kappa shape index (κ1) is 15.6. The molecule has 2 rings (SSSR count). The van der Waals surface area contributed by atoms with E-state index in [0.29, 0.717) is 4.34 Å². The van der Waals surface area contributed by atoms with E-state index in [-0.39, 0.29) is 29.1 Å². The SMILES string of the molecule is Cc1cc(S(=O)(=O)N(CC/C(N)=N/O)C2CC2)sc1Cl. The molecule has 0 aliphatic heterocycles. The Morgan fingerprint density at radius 2 is 2.30 bits per heavy atom. The lowest BCUT2D eigenvalue weighted by atomic mass is 10.4. The van der Waals surface area contributed by atoms with Gasteiger partial charge in [-0.2, -0.15) is 4.31 Å². The van der Waals surface area contributed by atoms with E-state index >= 15 is 0 Å². The minimum Gasteiger partial charge on any atom is -0.409 e. The third-order valence-corrected chi connectivity index (χ3v) is 7.02. The molecular formula is C11H16ClN3O3S2. The first-order valence-corrected chi connectivity index (χ1v) is 8.74. The molecular weight excluding hydrogens is 322 g/mol. The largest absolute Gasteiger partial charge is 0.409 e. The number of halogens is 1. The van der Waals surface area contributed by atoms with E-state index in [2.05, 4.69) is 5.16 Å². The standard InChI is InChI=1S/C11H16ClN3O3S2/c1-7-6-10(19-11(7)12)20(17,18)15(8-2-3-8)5-4-9(13)14-16/h6,8,16H,2-5H2,1H3,(H2,13,14). The molecule has 9 heteroatoms. The normalized spacial score (nSPS) is 16.9. The average Bonchev–Trinajstić information content (AvgIpc) is 3.16. The maximum absolute atomic E-state index is 12.6. The van der Waals surface area contributed by atoms with Gasteiger partial charge in [-0.05, 0) is 31.4 Å². The van der Waals surface area contributed by atoms with E-state index in [1.165, 1.54) is 4.31 Å². The Bertz CT molecular complexity index is 603. The summed E-state index contributed by atoms with van der Waals surface area (Å²) in [5.74, 6) is 0.0197. The number of thiophene rings is 1. The van der Waals surface area contributed by atoms with E-state index in [1.807, 2.05) is 0 Å². The van der Waals surface area contributed by atoms with Crippen molar-refractivity contribution in [2.24, 2.45) is 10.9 Å². The molecule has 0 radical (unpaired) electrons. The highest BCUT2D eigenvalue weighted by atomic mass is 35.5. The Labute approximate surface area is 126 Å². The van der Waals surface area contributed by atoms with Crippen molar-refractivity contribution >= 4 is 38.8 Å². The van der Waals surface area contributed by atoms with Gasteiger partial charge in [0.1, 0.15) is 10.0 Å². The van der Waals surface area contributed by atoms with Gasteiger partial charge in [-0.1, -0.05) is 16.8 Å². The number of oxime groups is 1. The number of nitrogens with zero attached hydrogens (tertiary/aromatic N) is 2. The van der Waals surface area contributed by atoms with Gasteiger partial charge in [-0.3, -0.25) is 0 Å². The monoisotopic (exact) mass is 337 g/mol. The van der Waals surface area contributed by atoms with Crippen LogP contribution >= 0.6 is 22.9 Å². The second-order valence-corrected chi connectivity index (χ2v) is 8.48. The van der Waals surface area contributed by atoms with Gasteiger partial charge in [0.05, 0.1) is 4.34 Å². The second-order valence-electron chi connectivity index (χ2n) is 4.71. The molecule has 0 atom stereocenters. The summed E-state index contributed by atoms with van der Waals surface area (Å²) in [6.45, 7) is 1.98. The van der Waals surface area contributed by atoms with Crippen LogP contribution in [0.5, 0.6) is 0 Å². The fourth-order valence-corrected chi connectivity index (χ4v) is 5.33. The molecule has 112 valence electrons. The topological polar surface area (TPSA) is 96.0 Å². The average molecular weight is 338 g/mol. The van der Waals surface area contributed by atoms with Gasteiger partial charge in [0, 0.05) is 19.0 Å². The molecule has 0 saturated heterocycles. The molecule has 0 amide bonds. The van der Waals surface area contributed by atoms with Crippen molar-refractivity contribution in [2.45, 2.75) is 36.4 Å². The minimum absolute atomic E-state index is 0.00711. The first-order chi connectivity index (χ1) is 9.36. The molecule has 1 saturated carbocycles. The summed E-state index contributed by atoms with van der Waals surface area (Å²) >= 11 is 7.01. The number of hydrogen-bond donors (Lipinski definition) is 2. The molecule has 0 bridgehead atoms. The van der Waals surface area contributed by atoms with Crippen molar-refractivity contribution in [3.8, 4) is 0 Å². The van der Waals surface area contributed by atoms with E-state index in [9.17, 15) is 8.42 Å². The third-order valence-electron chi connectivity index (χ3n) is 3.07. The highest BCUT2D eigenvalue weighted by Crippen LogP contribution is 2.37. The lowest BCUT2D eigenvalue weighted by molar-refractivity contribution is 0.315. The van der Waals surface area contributed by atoms with Crippen LogP contribution in [0, 0.1) is 6.92 Å². The highest BCUT2D eigenvalue weighted by molar-refractivity contribution is 7.91. The third kappa shape index (κ3) is 3.25. The Morgan fingerprint density at radius 3 is 2.75 bits per heavy atom. The van der Waals surface area contributed by atoms with Gasteiger partial charge in [0.25, 0.3) is 10.0 Å². The van der Waals surface area contributed by atoms with Gasteiger partial charge in [-0.15, -0.1) is 11.3 Å². The van der Waals surface area contributed by atoms with E-state index in [1.54, 1.807) is 13.0 Å². The Morgan fingerprint density at radius 1 is 1.65 bits per heavy atom. The lowest BCUT2D eigenvalue weighted by Gasteiger charge is -2.20. The summed E-state index contributed by atoms with van der Waals surface area (Å²) < 4.78 is 27.4. The van der Waals surface area contributed by atoms with Crippen LogP contribution < -0.4 is 5.73 Å². The smallest absolute Gasteiger partial charge is 0.252 e. The molecule has 1 aromatic rings. The van der Waals surface area contributed by atoms with Gasteiger partial charge in [0.15, 0.2) is 0 Å². The quantitative estimate of drug-likeness (QED) is 0.359. The summed E-state index contributed by atoms with van der Waals surface area (Å²) in [5.41, 5.74) is 6.16. The van der Waals surface area contributed by atoms with Gasteiger partial charge in [0.2, 0.25) is 0 Å². The Kier molecular flexibility index (Phi) is 4.58. The second kappa shape index (κ2) is 5.88. The predicted octanol–water partition coefficient (Wildman–Crippen LogP) is 2.00. The molecule has 1 fully saturated rings. The number of amidine groups is 1. The van der Waals surface area contributed by atoms with Crippen molar-refractivity contribution in [3.63, 3.8) is 0 Å². The molecule has 6 nitrogen and oxygen atoms in total. The fraction of sp³-hybridized carbons (Fsp3) is 0.545. The maximum atomic E-state index is 12.6. The van der Waals surface area contributed by atoms with E-state index < -0.39 is 10.0 Å². The van der Waals surface area contributed by atoms with E-state index in [4.69, 9.17) is 22.5 Å². The van der Waals surface area contributed by atoms with Crippen LogP contribution in [0.1, 0.15) is 24.8 Å². The summed E-state index contributed by atoms with van der Waals surface area (Å²) in [6.07, 6.45) is 1.88. The van der Waals surface area contributed by atoms with Crippen molar-refractivity contribution < 1.29 is 13.6 Å². The van der Waals surface area contributed by atoms with Crippen molar-refractivity contribution in [3.05, 3.63) is 16.0 Å². The van der Waals surface area contributed by atoms with Crippen LogP contribution in [0.3, 0.4) is 0 Å². The number of nitrogens with two attached hydrogens (primary N) is 1. The van der Waals surface area contributed by atoms with Crippen molar-refractivity contribution in [1.29, 1.82) is 0 Å². The molecule has 1 aliphatic carbocycles. The van der Waals surface area contributed by atoms with Crippen LogP contribution in [0.4, 0.5) is 0 Å². The van der Waals surface area contributed by atoms with Crippen molar-refractivity contribution in [2.75, 3.05) is 6.54 Å². The summed E-state index contributed by atoms with van der Waals surface area (Å²) in [6, 6.07) is 1.59. The number of aryl methyl sites for hydroxylation is 1. The molecule has 1 heterocycles. The summed E-state index contributed by atoms with van der Waals surface area (Å²) in [4.78, 5) is 0. The number of rotatable bonds is 6. The lowest BCUT2D eigenvalue weighted by Crippen LogP contribution is -2.35. The van der Waals surface area contributed by atoms with Gasteiger partial charge >= 0.3 is 0 Å². The van der Waals surface area contributed by atoms with Crippen LogP contribution in [-0.4, -0.2) is 36.4 Å². The van der Waals surface area contributed by atoms with Gasteiger partial charge < -0.3 is 10.9 Å².